The Morgan fingerprint density at radius 2 is 2.10 bits per heavy atom. The molecule has 4 rings (SSSR count). The summed E-state index contributed by atoms with van der Waals surface area (Å²) in [6.07, 6.45) is -0.947. The Morgan fingerprint density at radius 3 is 2.74 bits per heavy atom. The molecule has 31 heavy (non-hydrogen) atoms. The third kappa shape index (κ3) is 3.48. The van der Waals surface area contributed by atoms with Gasteiger partial charge in [0, 0.05) is 36.6 Å². The van der Waals surface area contributed by atoms with Crippen molar-refractivity contribution in [2.75, 3.05) is 6.61 Å². The molecule has 0 bridgehead atoms. The molecule has 5 atom stereocenters. The molecule has 0 radical (unpaired) electrons. The van der Waals surface area contributed by atoms with Gasteiger partial charge in [0.05, 0.1) is 18.6 Å². The molecule has 11 nitrogen and oxygen atoms in total. The molecule has 3 heterocycles. The zero-order valence-corrected chi connectivity index (χ0v) is 16.7. The van der Waals surface area contributed by atoms with Crippen molar-refractivity contribution in [1.29, 1.82) is 5.26 Å². The first kappa shape index (κ1) is 21.0. The van der Waals surface area contributed by atoms with Gasteiger partial charge >= 0.3 is 5.69 Å². The largest absolute Gasteiger partial charge is 0.444 e. The Morgan fingerprint density at radius 1 is 1.35 bits per heavy atom. The second kappa shape index (κ2) is 7.81. The predicted molar refractivity (Wildman–Crippen MR) is 104 cm³/mol. The number of nitrogens with two attached hydrogens (primary N) is 1. The Bertz CT molecular complexity index is 1160. The first-order valence-corrected chi connectivity index (χ1v) is 9.88. The number of aromatic amines is 1. The van der Waals surface area contributed by atoms with Crippen LogP contribution in [0.3, 0.4) is 0 Å². The number of nitriles is 1. The van der Waals surface area contributed by atoms with E-state index in [1.54, 1.807) is 0 Å². The number of hydrogen-bond donors (Lipinski definition) is 4. The number of aliphatic hydroxyl groups is 2. The summed E-state index contributed by atoms with van der Waals surface area (Å²) in [7, 11) is 0. The van der Waals surface area contributed by atoms with E-state index < -0.39 is 42.2 Å². The van der Waals surface area contributed by atoms with Gasteiger partial charge in [0.2, 0.25) is 5.88 Å². The first-order valence-electron chi connectivity index (χ1n) is 9.88. The zero-order chi connectivity index (χ0) is 22.4. The Kier molecular flexibility index (Phi) is 5.30. The minimum Gasteiger partial charge on any atom is -0.444 e. The van der Waals surface area contributed by atoms with Crippen LogP contribution in [0.5, 0.6) is 0 Å². The topological polar surface area (TPSA) is 181 Å². The van der Waals surface area contributed by atoms with Crippen LogP contribution in [-0.4, -0.2) is 44.4 Å². The molecule has 3 aliphatic rings. The van der Waals surface area contributed by atoms with E-state index in [9.17, 15) is 29.9 Å². The number of aromatic nitrogens is 2. The zero-order valence-electron chi connectivity index (χ0n) is 16.7. The lowest BCUT2D eigenvalue weighted by Crippen LogP contribution is -2.38. The van der Waals surface area contributed by atoms with Gasteiger partial charge in [-0.3, -0.25) is 19.1 Å². The fourth-order valence-corrected chi connectivity index (χ4v) is 4.37. The van der Waals surface area contributed by atoms with Crippen LogP contribution in [-0.2, 0) is 14.3 Å². The first-order chi connectivity index (χ1) is 14.7. The fraction of sp³-hybridized carbons (Fsp3) is 0.500. The molecule has 11 heteroatoms. The van der Waals surface area contributed by atoms with Crippen LogP contribution in [0.25, 0.3) is 0 Å². The molecule has 2 unspecified atom stereocenters. The molecule has 0 saturated carbocycles. The molecule has 1 fully saturated rings. The molecule has 164 valence electrons. The lowest BCUT2D eigenvalue weighted by Gasteiger charge is -2.32. The number of nitrogens with one attached hydrogen (secondary N) is 1. The maximum absolute atomic E-state index is 12.9. The van der Waals surface area contributed by atoms with Crippen LogP contribution in [0, 0.1) is 17.2 Å². The van der Waals surface area contributed by atoms with Crippen molar-refractivity contribution >= 4 is 5.78 Å². The second-order valence-corrected chi connectivity index (χ2v) is 8.06. The number of H-pyrrole nitrogens is 1. The van der Waals surface area contributed by atoms with Crippen molar-refractivity contribution in [3.05, 3.63) is 55.4 Å². The quantitative estimate of drug-likeness (QED) is 0.479. The highest BCUT2D eigenvalue weighted by molar-refractivity contribution is 5.99. The van der Waals surface area contributed by atoms with E-state index in [2.05, 4.69) is 4.98 Å². The number of carbonyl (C=O) groups excluding carboxylic acids is 1. The van der Waals surface area contributed by atoms with E-state index in [4.69, 9.17) is 15.2 Å². The summed E-state index contributed by atoms with van der Waals surface area (Å²) in [6, 6.07) is 1.92. The van der Waals surface area contributed by atoms with E-state index in [0.717, 1.165) is 4.57 Å². The average molecular weight is 430 g/mol. The molecule has 0 spiro atoms. The molecule has 2 aliphatic heterocycles. The number of Topliss-reactive ketones (excluding diaryl/α,β-unsaturated/α-hetero) is 1. The normalized spacial score (nSPS) is 30.8. The number of ether oxygens (including phenoxy) is 2. The third-order valence-electron chi connectivity index (χ3n) is 5.87. The van der Waals surface area contributed by atoms with E-state index in [1.807, 2.05) is 13.0 Å². The van der Waals surface area contributed by atoms with Crippen molar-refractivity contribution in [3.63, 3.8) is 0 Å². The van der Waals surface area contributed by atoms with E-state index in [0.29, 0.717) is 12.2 Å². The minimum atomic E-state index is -1.09. The van der Waals surface area contributed by atoms with Gasteiger partial charge in [-0.25, -0.2) is 4.79 Å². The Balaban J connectivity index is 1.87. The number of aliphatic hydroxyl groups excluding tert-OH is 2. The summed E-state index contributed by atoms with van der Waals surface area (Å²) in [5, 5.41) is 29.0. The van der Waals surface area contributed by atoms with Crippen LogP contribution in [0.1, 0.15) is 43.9 Å². The highest BCUT2D eigenvalue weighted by atomic mass is 16.5. The van der Waals surface area contributed by atoms with Crippen LogP contribution in [0.15, 0.2) is 38.6 Å². The van der Waals surface area contributed by atoms with Gasteiger partial charge in [0.15, 0.2) is 5.78 Å². The summed E-state index contributed by atoms with van der Waals surface area (Å²) in [4.78, 5) is 40.3. The van der Waals surface area contributed by atoms with Gasteiger partial charge in [0.1, 0.15) is 29.7 Å². The summed E-state index contributed by atoms with van der Waals surface area (Å²) < 4.78 is 12.1. The second-order valence-electron chi connectivity index (χ2n) is 8.06. The van der Waals surface area contributed by atoms with Crippen molar-refractivity contribution in [2.45, 2.75) is 50.5 Å². The van der Waals surface area contributed by atoms with Crippen molar-refractivity contribution in [2.24, 2.45) is 11.7 Å². The fourth-order valence-electron chi connectivity index (χ4n) is 4.37. The van der Waals surface area contributed by atoms with Gasteiger partial charge in [-0.1, -0.05) is 6.92 Å². The standard InChI is InChI=1S/C20H22N4O7/c1-8-2-12(27)17-13(3-8)31-18(22)9(5-21)16(17)10-6-24(20(29)23-19(10)28)15-4-11(26)14(7-25)30-15/h6,8,11,14-16,25-26H,2-4,7,22H2,1H3,(H,23,28,29)/t8?,11-,14+,15+,16?/m0/s1. The molecule has 1 aliphatic carbocycles. The molecule has 1 aromatic heterocycles. The van der Waals surface area contributed by atoms with Crippen LogP contribution >= 0.6 is 0 Å². The lowest BCUT2D eigenvalue weighted by atomic mass is 9.76. The maximum atomic E-state index is 12.9. The third-order valence-corrected chi connectivity index (χ3v) is 5.87. The molecule has 0 amide bonds. The Hall–Kier alpha value is -3.20. The highest BCUT2D eigenvalue weighted by Gasteiger charge is 2.42. The van der Waals surface area contributed by atoms with Crippen molar-refractivity contribution < 1.29 is 24.5 Å². The van der Waals surface area contributed by atoms with Gasteiger partial charge < -0.3 is 25.4 Å². The summed E-state index contributed by atoms with van der Waals surface area (Å²) in [6.45, 7) is 1.44. The number of carbonyl (C=O) groups is 1. The van der Waals surface area contributed by atoms with E-state index in [1.165, 1.54) is 6.20 Å². The van der Waals surface area contributed by atoms with Crippen molar-refractivity contribution in [3.8, 4) is 6.07 Å². The predicted octanol–water partition coefficient (Wildman–Crippen LogP) is -0.762. The van der Waals surface area contributed by atoms with Crippen LogP contribution in [0.2, 0.25) is 0 Å². The van der Waals surface area contributed by atoms with Gasteiger partial charge in [-0.15, -0.1) is 0 Å². The lowest BCUT2D eigenvalue weighted by molar-refractivity contribution is -0.117. The SMILES string of the molecule is CC1CC(=O)C2=C(C1)OC(N)=C(C#N)C2c1cn([C@H]2C[C@H](O)[C@@H](CO)O2)c(=O)[nH]c1=O. The van der Waals surface area contributed by atoms with E-state index in [-0.39, 0.29) is 47.1 Å². The Labute approximate surface area is 176 Å². The van der Waals surface area contributed by atoms with Crippen molar-refractivity contribution in [1.82, 2.24) is 9.55 Å². The number of rotatable bonds is 3. The van der Waals surface area contributed by atoms with Crippen LogP contribution < -0.4 is 17.0 Å². The van der Waals surface area contributed by atoms with Crippen LogP contribution in [0.4, 0.5) is 0 Å². The van der Waals surface area contributed by atoms with E-state index >= 15 is 0 Å². The number of nitrogens with zero attached hydrogens (tertiary/aromatic N) is 2. The average Bonchev–Trinajstić information content (AvgIpc) is 3.07. The number of allylic oxidation sites excluding steroid dienone is 3. The van der Waals surface area contributed by atoms with Gasteiger partial charge in [-0.2, -0.15) is 5.26 Å². The summed E-state index contributed by atoms with van der Waals surface area (Å²) in [5.74, 6) is -1.22. The summed E-state index contributed by atoms with van der Waals surface area (Å²) in [5.41, 5.74) is 4.41. The highest BCUT2D eigenvalue weighted by Crippen LogP contribution is 2.43. The summed E-state index contributed by atoms with van der Waals surface area (Å²) >= 11 is 0. The molecule has 0 aromatic carbocycles. The molecule has 1 aromatic rings. The minimum absolute atomic E-state index is 0.0118. The molecular weight excluding hydrogens is 408 g/mol. The van der Waals surface area contributed by atoms with Gasteiger partial charge in [-0.05, 0) is 5.92 Å². The number of hydrogen-bond acceptors (Lipinski definition) is 9. The monoisotopic (exact) mass is 430 g/mol. The molecular formula is C20H22N4O7. The molecule has 5 N–H and O–H groups in total. The smallest absolute Gasteiger partial charge is 0.330 e. The van der Waals surface area contributed by atoms with Gasteiger partial charge in [0.25, 0.3) is 5.56 Å². The number of ketones is 1. The maximum Gasteiger partial charge on any atom is 0.330 e. The molecule has 1 saturated heterocycles.